The van der Waals surface area contributed by atoms with Crippen LogP contribution in [0.25, 0.3) is 0 Å². The Hall–Kier alpha value is -4.35. The van der Waals surface area contributed by atoms with E-state index in [0.29, 0.717) is 11.4 Å². The van der Waals surface area contributed by atoms with Crippen molar-refractivity contribution >= 4 is 23.1 Å². The van der Waals surface area contributed by atoms with Crippen LogP contribution in [0.3, 0.4) is 0 Å². The zero-order chi connectivity index (χ0) is 21.0. The van der Waals surface area contributed by atoms with Gasteiger partial charge in [-0.05, 0) is 24.0 Å². The zero-order valence-corrected chi connectivity index (χ0v) is 15.0. The molecule has 0 saturated heterocycles. The number of hydrogen-bond donors (Lipinski definition) is 1. The molecule has 12 heteroatoms. The number of aromatic nitrogens is 3. The van der Waals surface area contributed by atoms with Crippen LogP contribution in [-0.2, 0) is 11.3 Å². The van der Waals surface area contributed by atoms with Gasteiger partial charge in [-0.1, -0.05) is 0 Å². The Kier molecular flexibility index (Phi) is 5.44. The molecule has 29 heavy (non-hydrogen) atoms. The number of carbonyl (C=O) groups is 1. The lowest BCUT2D eigenvalue weighted by Gasteiger charge is -2.09. The number of nitrogens with zero attached hydrogens (tertiary/aromatic N) is 5. The van der Waals surface area contributed by atoms with E-state index in [1.54, 1.807) is 25.3 Å². The Labute approximate surface area is 163 Å². The summed E-state index contributed by atoms with van der Waals surface area (Å²) in [5.41, 5.74) is 0.265. The maximum Gasteiger partial charge on any atom is 0.390 e. The van der Waals surface area contributed by atoms with Crippen molar-refractivity contribution in [1.82, 2.24) is 14.8 Å². The molecule has 1 amide bonds. The van der Waals surface area contributed by atoms with Crippen LogP contribution in [0.4, 0.5) is 17.2 Å². The van der Waals surface area contributed by atoms with E-state index >= 15 is 0 Å². The van der Waals surface area contributed by atoms with Crippen molar-refractivity contribution in [1.29, 1.82) is 0 Å². The average Bonchev–Trinajstić information content (AvgIpc) is 3.03. The summed E-state index contributed by atoms with van der Waals surface area (Å²) in [6.07, 6.45) is 2.98. The number of aryl methyl sites for hydroxylation is 1. The first-order valence-corrected chi connectivity index (χ1v) is 8.18. The van der Waals surface area contributed by atoms with Crippen LogP contribution in [0, 0.1) is 27.2 Å². The van der Waals surface area contributed by atoms with Crippen LogP contribution in [0.15, 0.2) is 48.8 Å². The first kappa shape index (κ1) is 19.4. The van der Waals surface area contributed by atoms with E-state index in [2.05, 4.69) is 15.4 Å². The number of benzene rings is 1. The Bertz CT molecular complexity index is 1080. The lowest BCUT2D eigenvalue weighted by atomic mass is 10.2. The number of rotatable bonds is 7. The van der Waals surface area contributed by atoms with E-state index in [0.717, 1.165) is 4.68 Å². The topological polar surface area (TPSA) is 155 Å². The van der Waals surface area contributed by atoms with E-state index in [9.17, 15) is 25.0 Å². The highest BCUT2D eigenvalue weighted by Gasteiger charge is 2.18. The number of hydrogen-bond acceptors (Lipinski definition) is 8. The van der Waals surface area contributed by atoms with Gasteiger partial charge in [-0.2, -0.15) is 4.68 Å². The average molecular weight is 398 g/mol. The number of pyridine rings is 1. The van der Waals surface area contributed by atoms with Crippen molar-refractivity contribution in [3.8, 4) is 11.5 Å². The third kappa shape index (κ3) is 4.88. The Morgan fingerprint density at radius 1 is 1.17 bits per heavy atom. The zero-order valence-electron chi connectivity index (χ0n) is 15.0. The number of carbonyl (C=O) groups excluding carboxylic acids is 1. The van der Waals surface area contributed by atoms with Crippen molar-refractivity contribution in [2.45, 2.75) is 13.5 Å². The quantitative estimate of drug-likeness (QED) is 0.470. The highest BCUT2D eigenvalue weighted by Crippen LogP contribution is 2.29. The molecular formula is C17H14N6O6. The monoisotopic (exact) mass is 398 g/mol. The van der Waals surface area contributed by atoms with Crippen molar-refractivity contribution in [3.05, 3.63) is 74.7 Å². The van der Waals surface area contributed by atoms with E-state index < -0.39 is 15.8 Å². The molecule has 2 aromatic heterocycles. The summed E-state index contributed by atoms with van der Waals surface area (Å²) in [7, 11) is 0. The molecular weight excluding hydrogens is 384 g/mol. The Balaban J connectivity index is 1.79. The Morgan fingerprint density at radius 2 is 1.97 bits per heavy atom. The second kappa shape index (κ2) is 8.12. The molecule has 0 fully saturated rings. The van der Waals surface area contributed by atoms with Crippen LogP contribution < -0.4 is 10.1 Å². The lowest BCUT2D eigenvalue weighted by Crippen LogP contribution is -2.20. The highest BCUT2D eigenvalue weighted by atomic mass is 16.6. The summed E-state index contributed by atoms with van der Waals surface area (Å²) in [6.45, 7) is 1.27. The van der Waals surface area contributed by atoms with Crippen molar-refractivity contribution in [2.75, 3.05) is 5.32 Å². The van der Waals surface area contributed by atoms with Crippen LogP contribution in [0.2, 0.25) is 0 Å². The molecule has 0 saturated carbocycles. The normalized spacial score (nSPS) is 10.4. The maximum atomic E-state index is 12.3. The van der Waals surface area contributed by atoms with Gasteiger partial charge in [-0.15, -0.1) is 0 Å². The van der Waals surface area contributed by atoms with Gasteiger partial charge >= 0.3 is 5.82 Å². The van der Waals surface area contributed by atoms with Gasteiger partial charge in [0, 0.05) is 18.3 Å². The van der Waals surface area contributed by atoms with Gasteiger partial charge in [0.2, 0.25) is 5.91 Å². The summed E-state index contributed by atoms with van der Waals surface area (Å²) < 4.78 is 6.71. The molecule has 0 aliphatic carbocycles. The van der Waals surface area contributed by atoms with Crippen molar-refractivity contribution in [3.63, 3.8) is 0 Å². The second-order valence-electron chi connectivity index (χ2n) is 5.87. The molecule has 0 radical (unpaired) electrons. The molecule has 1 N–H and O–H groups in total. The van der Waals surface area contributed by atoms with Gasteiger partial charge in [-0.3, -0.25) is 19.9 Å². The van der Waals surface area contributed by atoms with Gasteiger partial charge in [0.05, 0.1) is 39.7 Å². The van der Waals surface area contributed by atoms with Gasteiger partial charge in [0.15, 0.2) is 0 Å². The summed E-state index contributed by atoms with van der Waals surface area (Å²) in [4.78, 5) is 36.9. The summed E-state index contributed by atoms with van der Waals surface area (Å²) in [5, 5.41) is 28.2. The van der Waals surface area contributed by atoms with Gasteiger partial charge in [-0.25, -0.2) is 0 Å². The molecule has 2 heterocycles. The number of ether oxygens (including phenoxy) is 1. The molecule has 0 bridgehead atoms. The highest BCUT2D eigenvalue weighted by molar-refractivity contribution is 5.91. The number of anilines is 1. The van der Waals surface area contributed by atoms with Crippen molar-refractivity contribution < 1.29 is 19.4 Å². The minimum Gasteiger partial charge on any atom is -0.455 e. The third-order valence-corrected chi connectivity index (χ3v) is 3.70. The molecule has 12 nitrogen and oxygen atoms in total. The number of nitro groups is 2. The predicted molar refractivity (Wildman–Crippen MR) is 99.7 cm³/mol. The van der Waals surface area contributed by atoms with Crippen LogP contribution in [0.5, 0.6) is 11.5 Å². The first-order valence-electron chi connectivity index (χ1n) is 8.18. The van der Waals surface area contributed by atoms with E-state index in [1.165, 1.54) is 30.5 Å². The SMILES string of the molecule is Cc1cc([N+](=O)[O-])nn1CC(=O)Nc1cc(Oc2cccnc2)cc([N+](=O)[O-])c1. The fourth-order valence-electron chi connectivity index (χ4n) is 2.44. The first-order chi connectivity index (χ1) is 13.8. The third-order valence-electron chi connectivity index (χ3n) is 3.70. The maximum absolute atomic E-state index is 12.3. The molecule has 0 atom stereocenters. The molecule has 0 aliphatic rings. The standard InChI is InChI=1S/C17H14N6O6/c1-11-5-16(23(27)28)20-21(11)10-17(24)19-12-6-13(22(25)26)8-15(7-12)29-14-3-2-4-18-9-14/h2-9H,10H2,1H3,(H,19,24). The van der Waals surface area contributed by atoms with Crippen molar-refractivity contribution in [2.24, 2.45) is 0 Å². The number of amides is 1. The predicted octanol–water partition coefficient (Wildman–Crippen LogP) is 2.83. The number of nitro benzene ring substituents is 1. The largest absolute Gasteiger partial charge is 0.455 e. The summed E-state index contributed by atoms with van der Waals surface area (Å²) in [5.74, 6) is -0.449. The smallest absolute Gasteiger partial charge is 0.390 e. The minimum absolute atomic E-state index is 0.127. The van der Waals surface area contributed by atoms with Crippen LogP contribution in [-0.4, -0.2) is 30.5 Å². The van der Waals surface area contributed by atoms with Crippen LogP contribution in [0.1, 0.15) is 5.69 Å². The molecule has 0 aliphatic heterocycles. The fraction of sp³-hybridized carbons (Fsp3) is 0.118. The van der Waals surface area contributed by atoms with E-state index in [-0.39, 0.29) is 29.5 Å². The van der Waals surface area contributed by atoms with Gasteiger partial charge < -0.3 is 20.2 Å². The van der Waals surface area contributed by atoms with Crippen LogP contribution >= 0.6 is 0 Å². The molecule has 0 unspecified atom stereocenters. The van der Waals surface area contributed by atoms with Gasteiger partial charge in [0.1, 0.15) is 18.0 Å². The molecule has 3 rings (SSSR count). The molecule has 3 aromatic rings. The minimum atomic E-state index is -0.663. The number of non-ortho nitro benzene ring substituents is 1. The van der Waals surface area contributed by atoms with E-state index in [1.807, 2.05) is 0 Å². The lowest BCUT2D eigenvalue weighted by molar-refractivity contribution is -0.389. The summed E-state index contributed by atoms with van der Waals surface area (Å²) >= 11 is 0. The van der Waals surface area contributed by atoms with Gasteiger partial charge in [0.25, 0.3) is 5.69 Å². The second-order valence-corrected chi connectivity index (χ2v) is 5.87. The van der Waals surface area contributed by atoms with E-state index in [4.69, 9.17) is 4.74 Å². The fourth-order valence-corrected chi connectivity index (χ4v) is 2.44. The Morgan fingerprint density at radius 3 is 2.59 bits per heavy atom. The number of nitrogens with one attached hydrogen (secondary N) is 1. The summed E-state index contributed by atoms with van der Waals surface area (Å²) in [6, 6.07) is 8.30. The molecule has 148 valence electrons. The molecule has 0 spiro atoms. The molecule has 1 aromatic carbocycles.